The summed E-state index contributed by atoms with van der Waals surface area (Å²) >= 11 is 5.80. The van der Waals surface area contributed by atoms with Crippen LogP contribution >= 0.6 is 24.0 Å². The molecule has 1 fully saturated rings. The summed E-state index contributed by atoms with van der Waals surface area (Å²) in [5.41, 5.74) is 0.0237. The van der Waals surface area contributed by atoms with Crippen molar-refractivity contribution in [3.8, 4) is 5.75 Å². The zero-order chi connectivity index (χ0) is 15.8. The molecular weight excluding hydrogens is 339 g/mol. The predicted molar refractivity (Wildman–Crippen MR) is 93.6 cm³/mol. The number of hydrogen-bond donors (Lipinski definition) is 2. The maximum Gasteiger partial charge on any atom is 0.257 e. The van der Waals surface area contributed by atoms with Gasteiger partial charge in [0.1, 0.15) is 5.75 Å². The van der Waals surface area contributed by atoms with Crippen LogP contribution in [0.5, 0.6) is 5.75 Å². The molecule has 1 aliphatic heterocycles. The molecule has 2 rings (SSSR count). The molecule has 5 nitrogen and oxygen atoms in total. The number of carbonyl (C=O) groups is 1. The van der Waals surface area contributed by atoms with Crippen molar-refractivity contribution in [3.63, 3.8) is 0 Å². The molecule has 23 heavy (non-hydrogen) atoms. The van der Waals surface area contributed by atoms with Crippen molar-refractivity contribution in [1.82, 2.24) is 10.6 Å². The van der Waals surface area contributed by atoms with E-state index in [1.165, 1.54) is 0 Å². The summed E-state index contributed by atoms with van der Waals surface area (Å²) in [4.78, 5) is 12.0. The number of rotatable bonds is 7. The normalized spacial score (nSPS) is 16.3. The molecule has 0 saturated carbocycles. The fourth-order valence-corrected chi connectivity index (χ4v) is 2.78. The lowest BCUT2D eigenvalue weighted by Gasteiger charge is -2.37. The first kappa shape index (κ1) is 20.0. The molecule has 0 spiro atoms. The number of amides is 1. The quantitative estimate of drug-likeness (QED) is 0.780. The highest BCUT2D eigenvalue weighted by Crippen LogP contribution is 2.28. The monoisotopic (exact) mass is 362 g/mol. The van der Waals surface area contributed by atoms with E-state index in [4.69, 9.17) is 21.1 Å². The number of carbonyl (C=O) groups excluding carboxylic acids is 1. The van der Waals surface area contributed by atoms with Crippen LogP contribution in [0.4, 0.5) is 0 Å². The highest BCUT2D eigenvalue weighted by atomic mass is 35.5. The van der Waals surface area contributed by atoms with Gasteiger partial charge in [-0.25, -0.2) is 0 Å². The zero-order valence-corrected chi connectivity index (χ0v) is 14.8. The van der Waals surface area contributed by atoms with Gasteiger partial charge >= 0.3 is 0 Å². The van der Waals surface area contributed by atoms with E-state index >= 15 is 0 Å². The van der Waals surface area contributed by atoms with Crippen molar-refractivity contribution < 1.29 is 14.3 Å². The van der Waals surface area contributed by atoms with Gasteiger partial charge in [-0.2, -0.15) is 0 Å². The number of ether oxygens (including phenoxy) is 2. The molecule has 2 N–H and O–H groups in total. The lowest BCUT2D eigenvalue weighted by molar-refractivity contribution is -0.124. The summed E-state index contributed by atoms with van der Waals surface area (Å²) in [6, 6.07) is 6.96. The van der Waals surface area contributed by atoms with Gasteiger partial charge in [0.2, 0.25) is 0 Å². The van der Waals surface area contributed by atoms with Crippen LogP contribution in [0.2, 0.25) is 5.02 Å². The van der Waals surface area contributed by atoms with Gasteiger partial charge in [-0.05, 0) is 50.2 Å². The van der Waals surface area contributed by atoms with E-state index in [0.29, 0.717) is 23.9 Å². The van der Waals surface area contributed by atoms with E-state index in [1.807, 2.05) is 0 Å². The van der Waals surface area contributed by atoms with Crippen molar-refractivity contribution >= 4 is 29.9 Å². The van der Waals surface area contributed by atoms with E-state index < -0.39 is 0 Å². The Labute approximate surface area is 148 Å². The smallest absolute Gasteiger partial charge is 0.257 e. The van der Waals surface area contributed by atoms with Gasteiger partial charge in [-0.1, -0.05) is 11.6 Å². The first-order valence-corrected chi connectivity index (χ1v) is 7.86. The first-order valence-electron chi connectivity index (χ1n) is 7.48. The topological polar surface area (TPSA) is 59.6 Å². The van der Waals surface area contributed by atoms with E-state index in [-0.39, 0.29) is 30.3 Å². The number of benzene rings is 1. The lowest BCUT2D eigenvalue weighted by Crippen LogP contribution is -2.47. The van der Waals surface area contributed by atoms with Crippen molar-refractivity contribution in [2.45, 2.75) is 12.8 Å². The minimum absolute atomic E-state index is 0. The summed E-state index contributed by atoms with van der Waals surface area (Å²) in [6.07, 6.45) is 2.00. The van der Waals surface area contributed by atoms with E-state index in [1.54, 1.807) is 31.4 Å². The Morgan fingerprint density at radius 2 is 1.96 bits per heavy atom. The van der Waals surface area contributed by atoms with Crippen molar-refractivity contribution in [1.29, 1.82) is 0 Å². The van der Waals surface area contributed by atoms with Gasteiger partial charge in [-0.3, -0.25) is 4.79 Å². The van der Waals surface area contributed by atoms with Crippen molar-refractivity contribution in [3.05, 3.63) is 29.3 Å². The Kier molecular flexibility index (Phi) is 8.69. The van der Waals surface area contributed by atoms with E-state index in [0.717, 1.165) is 25.9 Å². The third kappa shape index (κ3) is 6.55. The molecule has 0 bridgehead atoms. The molecular formula is C16H24Cl2N2O3. The fraction of sp³-hybridized carbons (Fsp3) is 0.562. The van der Waals surface area contributed by atoms with Crippen LogP contribution in [0, 0.1) is 5.41 Å². The average molecular weight is 363 g/mol. The molecule has 7 heteroatoms. The van der Waals surface area contributed by atoms with Gasteiger partial charge < -0.3 is 20.1 Å². The molecule has 1 aliphatic rings. The third-order valence-electron chi connectivity index (χ3n) is 3.96. The second-order valence-electron chi connectivity index (χ2n) is 5.70. The molecule has 0 unspecified atom stereocenters. The molecule has 1 heterocycles. The Balaban J connectivity index is 0.00000264. The Morgan fingerprint density at radius 3 is 2.57 bits per heavy atom. The summed E-state index contributed by atoms with van der Waals surface area (Å²) in [6.45, 7) is 3.20. The third-order valence-corrected chi connectivity index (χ3v) is 4.21. The SMILES string of the molecule is COCC1(CNC(=O)COc2ccc(Cl)cc2)CCNCC1.Cl. The number of piperidine rings is 1. The highest BCUT2D eigenvalue weighted by molar-refractivity contribution is 6.30. The molecule has 1 aromatic carbocycles. The minimum Gasteiger partial charge on any atom is -0.484 e. The second-order valence-corrected chi connectivity index (χ2v) is 6.14. The van der Waals surface area contributed by atoms with Gasteiger partial charge in [0.05, 0.1) is 6.61 Å². The standard InChI is InChI=1S/C16H23ClN2O3.ClH/c1-21-12-16(6-8-18-9-7-16)11-19-15(20)10-22-14-4-2-13(17)3-5-14;/h2-5,18H,6-12H2,1H3,(H,19,20);1H. The van der Waals surface area contributed by atoms with Crippen LogP contribution in [0.25, 0.3) is 0 Å². The van der Waals surface area contributed by atoms with Gasteiger partial charge in [0, 0.05) is 24.1 Å². The lowest BCUT2D eigenvalue weighted by atomic mass is 9.79. The molecule has 1 saturated heterocycles. The van der Waals surface area contributed by atoms with Crippen molar-refractivity contribution in [2.24, 2.45) is 5.41 Å². The maximum atomic E-state index is 12.0. The van der Waals surface area contributed by atoms with Crippen LogP contribution in [0.15, 0.2) is 24.3 Å². The van der Waals surface area contributed by atoms with Crippen LogP contribution in [0.1, 0.15) is 12.8 Å². The highest BCUT2D eigenvalue weighted by Gasteiger charge is 2.32. The summed E-state index contributed by atoms with van der Waals surface area (Å²) in [7, 11) is 1.70. The average Bonchev–Trinajstić information content (AvgIpc) is 2.54. The molecule has 0 radical (unpaired) electrons. The molecule has 0 aromatic heterocycles. The molecule has 1 amide bonds. The first-order chi connectivity index (χ1) is 10.6. The molecule has 0 aliphatic carbocycles. The van der Waals surface area contributed by atoms with Gasteiger partial charge in [0.15, 0.2) is 6.61 Å². The Hall–Kier alpha value is -1.01. The molecule has 1 aromatic rings. The predicted octanol–water partition coefficient (Wildman–Crippen LogP) is 2.27. The number of methoxy groups -OCH3 is 1. The zero-order valence-electron chi connectivity index (χ0n) is 13.3. The number of hydrogen-bond acceptors (Lipinski definition) is 4. The largest absolute Gasteiger partial charge is 0.484 e. The Bertz CT molecular complexity index is 471. The Morgan fingerprint density at radius 1 is 1.30 bits per heavy atom. The molecule has 130 valence electrons. The number of halogens is 2. The summed E-state index contributed by atoms with van der Waals surface area (Å²) < 4.78 is 10.8. The maximum absolute atomic E-state index is 12.0. The summed E-state index contributed by atoms with van der Waals surface area (Å²) in [5.74, 6) is 0.511. The molecule has 0 atom stereocenters. The fourth-order valence-electron chi connectivity index (χ4n) is 2.65. The van der Waals surface area contributed by atoms with E-state index in [2.05, 4.69) is 10.6 Å². The van der Waals surface area contributed by atoms with Crippen LogP contribution in [0.3, 0.4) is 0 Å². The number of nitrogens with one attached hydrogen (secondary N) is 2. The van der Waals surface area contributed by atoms with Crippen LogP contribution in [-0.2, 0) is 9.53 Å². The van der Waals surface area contributed by atoms with Crippen molar-refractivity contribution in [2.75, 3.05) is 40.0 Å². The van der Waals surface area contributed by atoms with Crippen LogP contribution in [-0.4, -0.2) is 45.9 Å². The minimum atomic E-state index is -0.121. The summed E-state index contributed by atoms with van der Waals surface area (Å²) in [5, 5.41) is 6.94. The second kappa shape index (κ2) is 9.98. The van der Waals surface area contributed by atoms with E-state index in [9.17, 15) is 4.79 Å². The van der Waals surface area contributed by atoms with Crippen LogP contribution < -0.4 is 15.4 Å². The van der Waals surface area contributed by atoms with Gasteiger partial charge in [-0.15, -0.1) is 12.4 Å². The van der Waals surface area contributed by atoms with Gasteiger partial charge in [0.25, 0.3) is 5.91 Å².